The number of hydrogen-bond donors (Lipinski definition) is 0. The van der Waals surface area contributed by atoms with E-state index in [-0.39, 0.29) is 5.41 Å². The van der Waals surface area contributed by atoms with Crippen molar-refractivity contribution < 1.29 is 0 Å². The van der Waals surface area contributed by atoms with Crippen LogP contribution in [0.2, 0.25) is 0 Å². The molecule has 2 aliphatic rings. The van der Waals surface area contributed by atoms with E-state index in [9.17, 15) is 0 Å². The van der Waals surface area contributed by atoms with E-state index >= 15 is 0 Å². The molecule has 296 valence electrons. The van der Waals surface area contributed by atoms with Gasteiger partial charge in [-0.25, -0.2) is 19.8 Å². The van der Waals surface area contributed by atoms with Gasteiger partial charge in [0, 0.05) is 26.1 Å². The van der Waals surface area contributed by atoms with Crippen LogP contribution >= 0.6 is 11.3 Å². The number of fused-ring (bicyclic) bond motifs is 13. The van der Waals surface area contributed by atoms with Crippen LogP contribution in [0.15, 0.2) is 206 Å². The molecule has 4 nitrogen and oxygen atoms in total. The molecule has 0 bridgehead atoms. The molecule has 0 unspecified atom stereocenters. The fourth-order valence-corrected chi connectivity index (χ4v) is 11.6. The van der Waals surface area contributed by atoms with Crippen LogP contribution in [0, 0.1) is 6.57 Å². The quantitative estimate of drug-likeness (QED) is 0.162. The Kier molecular flexibility index (Phi) is 8.02. The van der Waals surface area contributed by atoms with Crippen LogP contribution in [-0.2, 0) is 5.41 Å². The van der Waals surface area contributed by atoms with E-state index in [0.717, 1.165) is 48.0 Å². The number of benzene rings is 9. The average molecular weight is 831 g/mol. The fraction of sp³-hybridized carbons (Fsp3) is 0.0169. The van der Waals surface area contributed by atoms with E-state index in [1.807, 2.05) is 48.5 Å². The lowest BCUT2D eigenvalue weighted by Crippen LogP contribution is -2.25. The van der Waals surface area contributed by atoms with Crippen LogP contribution in [-0.4, -0.2) is 15.0 Å². The predicted octanol–water partition coefficient (Wildman–Crippen LogP) is 15.5. The van der Waals surface area contributed by atoms with Gasteiger partial charge in [0.05, 0.1) is 12.0 Å². The molecule has 2 heterocycles. The summed E-state index contributed by atoms with van der Waals surface area (Å²) in [6, 6.07) is 73.6. The van der Waals surface area contributed by atoms with Gasteiger partial charge in [-0.1, -0.05) is 188 Å². The second-order valence-corrected chi connectivity index (χ2v) is 17.6. The molecule has 0 amide bonds. The molecule has 0 saturated carbocycles. The van der Waals surface area contributed by atoms with Crippen molar-refractivity contribution in [2.24, 2.45) is 0 Å². The van der Waals surface area contributed by atoms with Gasteiger partial charge in [-0.15, -0.1) is 11.3 Å². The number of nitrogens with zero attached hydrogens (tertiary/aromatic N) is 4. The monoisotopic (exact) mass is 830 g/mol. The molecule has 0 radical (unpaired) electrons. The minimum atomic E-state index is -0.377. The van der Waals surface area contributed by atoms with Crippen LogP contribution in [0.3, 0.4) is 0 Å². The molecular weight excluding hydrogens is 797 g/mol. The first-order valence-electron chi connectivity index (χ1n) is 21.5. The number of aromatic nitrogens is 3. The van der Waals surface area contributed by atoms with Crippen LogP contribution in [0.5, 0.6) is 0 Å². The van der Waals surface area contributed by atoms with Crippen LogP contribution in [0.25, 0.3) is 104 Å². The van der Waals surface area contributed by atoms with E-state index in [2.05, 4.69) is 163 Å². The zero-order valence-corrected chi connectivity index (χ0v) is 35.1. The van der Waals surface area contributed by atoms with Gasteiger partial charge in [0.25, 0.3) is 0 Å². The van der Waals surface area contributed by atoms with Crippen molar-refractivity contribution in [2.75, 3.05) is 0 Å². The van der Waals surface area contributed by atoms with Gasteiger partial charge in [0.1, 0.15) is 0 Å². The highest BCUT2D eigenvalue weighted by atomic mass is 32.1. The molecule has 0 fully saturated rings. The zero-order valence-electron chi connectivity index (χ0n) is 34.3. The van der Waals surface area contributed by atoms with Gasteiger partial charge in [-0.2, -0.15) is 0 Å². The van der Waals surface area contributed by atoms with Gasteiger partial charge in [0.15, 0.2) is 23.2 Å². The van der Waals surface area contributed by atoms with E-state index in [0.29, 0.717) is 23.2 Å². The summed E-state index contributed by atoms with van der Waals surface area (Å²) in [6.07, 6.45) is 0. The second-order valence-electron chi connectivity index (χ2n) is 16.5. The van der Waals surface area contributed by atoms with Crippen molar-refractivity contribution in [1.29, 1.82) is 0 Å². The van der Waals surface area contributed by atoms with Crippen molar-refractivity contribution in [2.45, 2.75) is 5.41 Å². The van der Waals surface area contributed by atoms with Crippen LogP contribution < -0.4 is 0 Å². The van der Waals surface area contributed by atoms with Gasteiger partial charge in [-0.3, -0.25) is 0 Å². The molecule has 0 N–H and O–H groups in total. The second kappa shape index (κ2) is 14.1. The average Bonchev–Trinajstić information content (AvgIpc) is 4.00. The Balaban J connectivity index is 0.908. The highest BCUT2D eigenvalue weighted by Crippen LogP contribution is 2.64. The lowest BCUT2D eigenvalue weighted by atomic mass is 9.70. The normalized spacial score (nSPS) is 12.8. The van der Waals surface area contributed by atoms with Crippen LogP contribution in [0.1, 0.15) is 22.3 Å². The van der Waals surface area contributed by atoms with Crippen LogP contribution in [0.4, 0.5) is 5.69 Å². The summed E-state index contributed by atoms with van der Waals surface area (Å²) in [4.78, 5) is 19.1. The molecule has 0 saturated heterocycles. The Morgan fingerprint density at radius 3 is 1.67 bits per heavy atom. The maximum Gasteiger partial charge on any atom is 0.187 e. The molecule has 5 heteroatoms. The smallest absolute Gasteiger partial charge is 0.187 e. The molecule has 64 heavy (non-hydrogen) atoms. The number of hydrogen-bond acceptors (Lipinski definition) is 4. The van der Waals surface area contributed by atoms with Gasteiger partial charge >= 0.3 is 0 Å². The molecule has 11 aromatic rings. The van der Waals surface area contributed by atoms with Crippen molar-refractivity contribution in [1.82, 2.24) is 15.0 Å². The number of rotatable bonds is 5. The first kappa shape index (κ1) is 36.4. The maximum atomic E-state index is 7.59. The first-order chi connectivity index (χ1) is 31.7. The summed E-state index contributed by atoms with van der Waals surface area (Å²) in [5.41, 5.74) is 18.2. The van der Waals surface area contributed by atoms with Crippen molar-refractivity contribution in [3.8, 4) is 78.7 Å². The molecule has 2 aromatic heterocycles. The molecule has 0 atom stereocenters. The summed E-state index contributed by atoms with van der Waals surface area (Å²) in [6.45, 7) is 7.59. The Morgan fingerprint density at radius 1 is 0.375 bits per heavy atom. The number of thiophene rings is 1. The Morgan fingerprint density at radius 2 is 0.922 bits per heavy atom. The first-order valence-corrected chi connectivity index (χ1v) is 22.3. The van der Waals surface area contributed by atoms with Crippen molar-refractivity contribution in [3.63, 3.8) is 0 Å². The third-order valence-electron chi connectivity index (χ3n) is 13.2. The van der Waals surface area contributed by atoms with Gasteiger partial charge in [-0.05, 0) is 95.7 Å². The summed E-state index contributed by atoms with van der Waals surface area (Å²) in [5, 5.41) is 2.16. The largest absolute Gasteiger partial charge is 0.238 e. The third-order valence-corrected chi connectivity index (χ3v) is 14.4. The van der Waals surface area contributed by atoms with E-state index in [1.54, 1.807) is 11.3 Å². The SMILES string of the molecule is [C-]#[N+]c1ccc2sc3c(-c4nc(-c5ccccc5)nc(-c5cccc(-c6ccc(-c7cccc8c7-c7ccccc7C87c8ccccc8-c8ccccc87)cc6)c5)n4)cccc3c2c1. The summed E-state index contributed by atoms with van der Waals surface area (Å²) >= 11 is 1.70. The minimum Gasteiger partial charge on any atom is -0.238 e. The summed E-state index contributed by atoms with van der Waals surface area (Å²) < 4.78 is 2.21. The molecule has 1 spiro atoms. The molecule has 13 rings (SSSR count). The Labute approximate surface area is 374 Å². The fourth-order valence-electron chi connectivity index (χ4n) is 10.4. The molecular formula is C59H34N4S. The Bertz CT molecular complexity index is 3700. The Hall–Kier alpha value is -8.30. The summed E-state index contributed by atoms with van der Waals surface area (Å²) in [7, 11) is 0. The van der Waals surface area contributed by atoms with Crippen molar-refractivity contribution >= 4 is 37.2 Å². The highest BCUT2D eigenvalue weighted by molar-refractivity contribution is 7.26. The van der Waals surface area contributed by atoms with E-state index < -0.39 is 0 Å². The lowest BCUT2D eigenvalue weighted by Gasteiger charge is -2.30. The van der Waals surface area contributed by atoms with E-state index in [1.165, 1.54) is 55.6 Å². The molecule has 9 aromatic carbocycles. The molecule has 0 aliphatic heterocycles. The van der Waals surface area contributed by atoms with Gasteiger partial charge < -0.3 is 0 Å². The van der Waals surface area contributed by atoms with Crippen molar-refractivity contribution in [3.05, 3.63) is 240 Å². The molecule has 2 aliphatic carbocycles. The maximum absolute atomic E-state index is 7.59. The standard InChI is InChI=1S/C59H34N4S/c1-60-41-32-33-53-48(35-41)45-22-12-23-47(55(45)64-53)58-62-56(38-14-3-2-4-15-38)61-57(63-58)40-17-11-16-39(34-40)36-28-30-37(31-29-36)42-21-13-27-52-54(42)46-20-7-10-26-51(46)59(52)49-24-8-5-18-43(49)44-19-6-9-25-50(44)59/h2-35H. The van der Waals surface area contributed by atoms with Gasteiger partial charge in [0.2, 0.25) is 0 Å². The zero-order chi connectivity index (χ0) is 42.4. The lowest BCUT2D eigenvalue weighted by molar-refractivity contribution is 0.794. The predicted molar refractivity (Wildman–Crippen MR) is 262 cm³/mol. The topological polar surface area (TPSA) is 43.0 Å². The highest BCUT2D eigenvalue weighted by Gasteiger charge is 2.51. The van der Waals surface area contributed by atoms with E-state index in [4.69, 9.17) is 21.5 Å². The summed E-state index contributed by atoms with van der Waals surface area (Å²) in [5.74, 6) is 1.84. The minimum absolute atomic E-state index is 0.377. The third kappa shape index (κ3) is 5.30.